The molecular weight excluding hydrogens is 254 g/mol. The van der Waals surface area contributed by atoms with Gasteiger partial charge in [-0.2, -0.15) is 0 Å². The van der Waals surface area contributed by atoms with E-state index in [-0.39, 0.29) is 6.03 Å². The molecule has 2 amide bonds. The van der Waals surface area contributed by atoms with Crippen molar-refractivity contribution in [2.75, 3.05) is 18.4 Å². The predicted molar refractivity (Wildman–Crippen MR) is 77.2 cm³/mol. The van der Waals surface area contributed by atoms with E-state index in [0.29, 0.717) is 19.6 Å². The van der Waals surface area contributed by atoms with Crippen LogP contribution in [0.2, 0.25) is 0 Å². The molecule has 2 aromatic rings. The van der Waals surface area contributed by atoms with Crippen molar-refractivity contribution in [1.29, 1.82) is 0 Å². The smallest absolute Gasteiger partial charge is 0.315 e. The third kappa shape index (κ3) is 4.93. The van der Waals surface area contributed by atoms with Crippen molar-refractivity contribution < 1.29 is 4.79 Å². The van der Waals surface area contributed by atoms with Gasteiger partial charge in [-0.15, -0.1) is 0 Å². The molecule has 0 spiro atoms. The van der Waals surface area contributed by atoms with Crippen LogP contribution in [0.4, 0.5) is 10.6 Å². The number of carbonyl (C=O) groups excluding carboxylic acids is 1. The first-order valence-corrected chi connectivity index (χ1v) is 6.40. The molecule has 0 saturated heterocycles. The van der Waals surface area contributed by atoms with E-state index in [1.807, 2.05) is 30.3 Å². The zero-order valence-electron chi connectivity index (χ0n) is 11.0. The summed E-state index contributed by atoms with van der Waals surface area (Å²) in [6, 6.07) is 9.18. The molecule has 0 saturated carbocycles. The van der Waals surface area contributed by atoms with Gasteiger partial charge in [0.05, 0.1) is 0 Å². The van der Waals surface area contributed by atoms with Crippen LogP contribution in [0.15, 0.2) is 48.9 Å². The second-order valence-corrected chi connectivity index (χ2v) is 4.11. The van der Waals surface area contributed by atoms with E-state index in [1.54, 1.807) is 18.6 Å². The number of hydrogen-bond acceptors (Lipinski definition) is 4. The van der Waals surface area contributed by atoms with E-state index in [9.17, 15) is 4.79 Å². The molecular formula is C14H17N5O. The molecule has 0 bridgehead atoms. The Kier molecular flexibility index (Phi) is 5.33. The Morgan fingerprint density at radius 2 is 1.85 bits per heavy atom. The van der Waals surface area contributed by atoms with E-state index in [0.717, 1.165) is 11.4 Å². The molecule has 2 aromatic heterocycles. The molecule has 2 rings (SSSR count). The molecule has 0 unspecified atom stereocenters. The molecule has 20 heavy (non-hydrogen) atoms. The van der Waals surface area contributed by atoms with E-state index in [1.165, 1.54) is 0 Å². The third-order valence-electron chi connectivity index (χ3n) is 2.58. The molecule has 0 aliphatic carbocycles. The molecule has 0 atom stereocenters. The molecule has 0 aliphatic rings. The Morgan fingerprint density at radius 1 is 1.00 bits per heavy atom. The molecule has 6 heteroatoms. The SMILES string of the molecule is O=C(NCCNc1ccccn1)NCc1ccncc1. The summed E-state index contributed by atoms with van der Waals surface area (Å²) in [5, 5.41) is 8.66. The normalized spacial score (nSPS) is 9.80. The van der Waals surface area contributed by atoms with Crippen LogP contribution in [0.3, 0.4) is 0 Å². The van der Waals surface area contributed by atoms with Crippen LogP contribution in [0.1, 0.15) is 5.56 Å². The Hall–Kier alpha value is -2.63. The monoisotopic (exact) mass is 271 g/mol. The van der Waals surface area contributed by atoms with Crippen molar-refractivity contribution in [1.82, 2.24) is 20.6 Å². The van der Waals surface area contributed by atoms with E-state index in [4.69, 9.17) is 0 Å². The molecule has 0 fully saturated rings. The molecule has 3 N–H and O–H groups in total. The Labute approximate surface area is 117 Å². The number of carbonyl (C=O) groups is 1. The summed E-state index contributed by atoms with van der Waals surface area (Å²) >= 11 is 0. The Balaban J connectivity index is 1.59. The van der Waals surface area contributed by atoms with E-state index >= 15 is 0 Å². The highest BCUT2D eigenvalue weighted by molar-refractivity contribution is 5.73. The fraction of sp³-hybridized carbons (Fsp3) is 0.214. The van der Waals surface area contributed by atoms with Crippen molar-refractivity contribution in [3.8, 4) is 0 Å². The highest BCUT2D eigenvalue weighted by atomic mass is 16.2. The van der Waals surface area contributed by atoms with Crippen LogP contribution in [0.5, 0.6) is 0 Å². The highest BCUT2D eigenvalue weighted by Crippen LogP contribution is 1.97. The van der Waals surface area contributed by atoms with Crippen molar-refractivity contribution >= 4 is 11.8 Å². The average Bonchev–Trinajstić information content (AvgIpc) is 2.52. The van der Waals surface area contributed by atoms with Crippen molar-refractivity contribution in [3.05, 3.63) is 54.5 Å². The number of nitrogens with zero attached hydrogens (tertiary/aromatic N) is 2. The molecule has 104 valence electrons. The zero-order chi connectivity index (χ0) is 14.0. The number of hydrogen-bond donors (Lipinski definition) is 3. The minimum absolute atomic E-state index is 0.190. The largest absolute Gasteiger partial charge is 0.368 e. The van der Waals surface area contributed by atoms with Gasteiger partial charge in [-0.05, 0) is 29.8 Å². The first kappa shape index (κ1) is 13.8. The lowest BCUT2D eigenvalue weighted by Crippen LogP contribution is -2.37. The lowest BCUT2D eigenvalue weighted by Gasteiger charge is -2.08. The number of urea groups is 1. The van der Waals surface area contributed by atoms with Crippen LogP contribution in [-0.4, -0.2) is 29.1 Å². The van der Waals surface area contributed by atoms with Crippen LogP contribution < -0.4 is 16.0 Å². The van der Waals surface area contributed by atoms with Gasteiger partial charge in [-0.1, -0.05) is 6.07 Å². The number of nitrogens with one attached hydrogen (secondary N) is 3. The van der Waals surface area contributed by atoms with Gasteiger partial charge < -0.3 is 16.0 Å². The maximum absolute atomic E-state index is 11.5. The second kappa shape index (κ2) is 7.73. The second-order valence-electron chi connectivity index (χ2n) is 4.11. The maximum Gasteiger partial charge on any atom is 0.315 e. The predicted octanol–water partition coefficient (Wildman–Crippen LogP) is 1.39. The van der Waals surface area contributed by atoms with Crippen LogP contribution in [-0.2, 0) is 6.54 Å². The van der Waals surface area contributed by atoms with Crippen LogP contribution in [0.25, 0.3) is 0 Å². The van der Waals surface area contributed by atoms with Gasteiger partial charge in [-0.3, -0.25) is 4.98 Å². The van der Waals surface area contributed by atoms with Gasteiger partial charge in [0.1, 0.15) is 5.82 Å². The first-order valence-electron chi connectivity index (χ1n) is 6.40. The molecule has 0 aromatic carbocycles. The summed E-state index contributed by atoms with van der Waals surface area (Å²) in [6.07, 6.45) is 5.12. The topological polar surface area (TPSA) is 78.9 Å². The fourth-order valence-electron chi connectivity index (χ4n) is 1.58. The van der Waals surface area contributed by atoms with Gasteiger partial charge in [0, 0.05) is 38.2 Å². The molecule has 6 nitrogen and oxygen atoms in total. The Morgan fingerprint density at radius 3 is 2.60 bits per heavy atom. The number of pyridine rings is 2. The van der Waals surface area contributed by atoms with Crippen molar-refractivity contribution in [3.63, 3.8) is 0 Å². The fourth-order valence-corrected chi connectivity index (χ4v) is 1.58. The zero-order valence-corrected chi connectivity index (χ0v) is 11.0. The summed E-state index contributed by atoms with van der Waals surface area (Å²) in [6.45, 7) is 1.64. The summed E-state index contributed by atoms with van der Waals surface area (Å²) in [5.41, 5.74) is 1.02. The number of aromatic nitrogens is 2. The van der Waals surface area contributed by atoms with Gasteiger partial charge >= 0.3 is 6.03 Å². The minimum atomic E-state index is -0.190. The van der Waals surface area contributed by atoms with E-state index < -0.39 is 0 Å². The van der Waals surface area contributed by atoms with E-state index in [2.05, 4.69) is 25.9 Å². The van der Waals surface area contributed by atoms with Gasteiger partial charge in [0.2, 0.25) is 0 Å². The van der Waals surface area contributed by atoms with Crippen molar-refractivity contribution in [2.24, 2.45) is 0 Å². The van der Waals surface area contributed by atoms with Gasteiger partial charge in [-0.25, -0.2) is 9.78 Å². The summed E-state index contributed by atoms with van der Waals surface area (Å²) in [5.74, 6) is 0.798. The van der Waals surface area contributed by atoms with Crippen molar-refractivity contribution in [2.45, 2.75) is 6.54 Å². The molecule has 2 heterocycles. The van der Waals surface area contributed by atoms with Crippen LogP contribution >= 0.6 is 0 Å². The summed E-state index contributed by atoms with van der Waals surface area (Å²) < 4.78 is 0. The lowest BCUT2D eigenvalue weighted by molar-refractivity contribution is 0.241. The number of anilines is 1. The summed E-state index contributed by atoms with van der Waals surface area (Å²) in [4.78, 5) is 19.6. The quantitative estimate of drug-likeness (QED) is 0.694. The molecule has 0 radical (unpaired) electrons. The van der Waals surface area contributed by atoms with Gasteiger partial charge in [0.15, 0.2) is 0 Å². The van der Waals surface area contributed by atoms with Gasteiger partial charge in [0.25, 0.3) is 0 Å². The standard InChI is InChI=1S/C14H17N5O/c20-14(19-11-12-4-7-15-8-5-12)18-10-9-17-13-3-1-2-6-16-13/h1-8H,9-11H2,(H,16,17)(H2,18,19,20). The number of amides is 2. The number of rotatable bonds is 6. The maximum atomic E-state index is 11.5. The highest BCUT2D eigenvalue weighted by Gasteiger charge is 1.99. The first-order chi connectivity index (χ1) is 9.84. The van der Waals surface area contributed by atoms with Crippen LogP contribution in [0, 0.1) is 0 Å². The summed E-state index contributed by atoms with van der Waals surface area (Å²) in [7, 11) is 0. The minimum Gasteiger partial charge on any atom is -0.368 e. The third-order valence-corrected chi connectivity index (χ3v) is 2.58. The molecule has 0 aliphatic heterocycles. The average molecular weight is 271 g/mol. The Bertz CT molecular complexity index is 518. The lowest BCUT2D eigenvalue weighted by atomic mass is 10.3.